The Balaban J connectivity index is 1.86. The Kier molecular flexibility index (Phi) is 7.94. The maximum atomic E-state index is 12.8. The van der Waals surface area contributed by atoms with Crippen molar-refractivity contribution >= 4 is 40.6 Å². The van der Waals surface area contributed by atoms with E-state index in [0.717, 1.165) is 12.0 Å². The molecule has 3 rings (SSSR count). The minimum absolute atomic E-state index is 0.151. The number of hydrogen-bond acceptors (Lipinski definition) is 7. The lowest BCUT2D eigenvalue weighted by Crippen LogP contribution is -2.23. The molecule has 0 spiro atoms. The third-order valence-electron chi connectivity index (χ3n) is 4.52. The number of aliphatic imine (C=N–C) groups is 1. The summed E-state index contributed by atoms with van der Waals surface area (Å²) in [5, 5.41) is 0.524. The van der Waals surface area contributed by atoms with Gasteiger partial charge in [-0.1, -0.05) is 19.1 Å². The van der Waals surface area contributed by atoms with Crippen LogP contribution >= 0.6 is 11.8 Å². The van der Waals surface area contributed by atoms with Crippen LogP contribution in [0.4, 0.5) is 5.69 Å². The highest BCUT2D eigenvalue weighted by Crippen LogP contribution is 2.35. The van der Waals surface area contributed by atoms with Gasteiger partial charge in [-0.25, -0.2) is 9.79 Å². The lowest BCUT2D eigenvalue weighted by atomic mass is 10.2. The van der Waals surface area contributed by atoms with Crippen molar-refractivity contribution in [3.05, 3.63) is 58.5 Å². The Morgan fingerprint density at radius 2 is 1.94 bits per heavy atom. The molecule has 1 amide bonds. The molecule has 168 valence electrons. The van der Waals surface area contributed by atoms with Gasteiger partial charge in [-0.15, -0.1) is 0 Å². The van der Waals surface area contributed by atoms with E-state index in [1.54, 1.807) is 31.3 Å². The summed E-state index contributed by atoms with van der Waals surface area (Å²) in [7, 11) is 3.00. The number of methoxy groups -OCH3 is 1. The van der Waals surface area contributed by atoms with E-state index in [4.69, 9.17) is 14.2 Å². The fraction of sp³-hybridized carbons (Fsp3) is 0.292. The maximum absolute atomic E-state index is 12.8. The second kappa shape index (κ2) is 10.9. The van der Waals surface area contributed by atoms with E-state index in [-0.39, 0.29) is 5.91 Å². The van der Waals surface area contributed by atoms with Crippen LogP contribution in [-0.4, -0.2) is 49.3 Å². The van der Waals surface area contributed by atoms with Crippen LogP contribution in [0.3, 0.4) is 0 Å². The molecule has 2 aromatic rings. The molecule has 0 N–H and O–H groups in total. The van der Waals surface area contributed by atoms with Crippen molar-refractivity contribution in [3.8, 4) is 11.5 Å². The van der Waals surface area contributed by atoms with Crippen LogP contribution in [0.1, 0.15) is 36.2 Å². The number of carbonyl (C=O) groups is 2. The highest BCUT2D eigenvalue weighted by Gasteiger charge is 2.30. The summed E-state index contributed by atoms with van der Waals surface area (Å²) < 4.78 is 16.2. The van der Waals surface area contributed by atoms with Crippen molar-refractivity contribution in [3.63, 3.8) is 0 Å². The van der Waals surface area contributed by atoms with Gasteiger partial charge >= 0.3 is 5.97 Å². The zero-order chi connectivity index (χ0) is 23.1. The molecule has 7 nitrogen and oxygen atoms in total. The topological polar surface area (TPSA) is 77.4 Å². The van der Waals surface area contributed by atoms with E-state index in [1.807, 2.05) is 38.1 Å². The molecular weight excluding hydrogens is 428 g/mol. The Morgan fingerprint density at radius 1 is 1.12 bits per heavy atom. The van der Waals surface area contributed by atoms with Crippen LogP contribution in [-0.2, 0) is 9.53 Å². The minimum Gasteiger partial charge on any atom is -0.490 e. The summed E-state index contributed by atoms with van der Waals surface area (Å²) in [5.41, 5.74) is 1.79. The summed E-state index contributed by atoms with van der Waals surface area (Å²) >= 11 is 1.27. The standard InChI is InChI=1S/C24H26N2O5S/c1-5-12-31-19-11-10-16(13-20(19)30-6-2)14-21-22(27)26(3)24(32-21)25-18-9-7-8-17(15-18)23(28)29-4/h7-11,13-15H,5-6,12H2,1-4H3. The average molecular weight is 455 g/mol. The first-order valence-electron chi connectivity index (χ1n) is 10.3. The molecular formula is C24H26N2O5S. The van der Waals surface area contributed by atoms with E-state index in [1.165, 1.54) is 23.8 Å². The van der Waals surface area contributed by atoms with E-state index < -0.39 is 5.97 Å². The summed E-state index contributed by atoms with van der Waals surface area (Å²) in [4.78, 5) is 31.1. The lowest BCUT2D eigenvalue weighted by Gasteiger charge is -2.12. The number of thioether (sulfide) groups is 1. The minimum atomic E-state index is -0.437. The van der Waals surface area contributed by atoms with Gasteiger partial charge in [-0.3, -0.25) is 9.69 Å². The number of esters is 1. The normalized spacial score (nSPS) is 16.0. The van der Waals surface area contributed by atoms with Gasteiger partial charge in [-0.2, -0.15) is 0 Å². The molecule has 1 heterocycles. The van der Waals surface area contributed by atoms with Gasteiger partial charge in [0.05, 0.1) is 36.5 Å². The molecule has 1 aliphatic rings. The number of amidine groups is 1. The Hall–Kier alpha value is -3.26. The fourth-order valence-corrected chi connectivity index (χ4v) is 3.93. The van der Waals surface area contributed by atoms with Crippen LogP contribution in [0.2, 0.25) is 0 Å². The molecule has 0 aromatic heterocycles. The van der Waals surface area contributed by atoms with Crippen LogP contribution in [0.15, 0.2) is 52.4 Å². The molecule has 2 aromatic carbocycles. The fourth-order valence-electron chi connectivity index (χ4n) is 2.95. The summed E-state index contributed by atoms with van der Waals surface area (Å²) in [5.74, 6) is 0.744. The third kappa shape index (κ3) is 5.50. The Bertz CT molecular complexity index is 1060. The molecule has 0 unspecified atom stereocenters. The zero-order valence-electron chi connectivity index (χ0n) is 18.6. The second-order valence-corrected chi connectivity index (χ2v) is 7.91. The second-order valence-electron chi connectivity index (χ2n) is 6.90. The number of likely N-dealkylation sites (N-methyl/N-ethyl adjacent to an activating group) is 1. The van der Waals surface area contributed by atoms with Gasteiger partial charge in [0.1, 0.15) is 0 Å². The Labute approximate surface area is 192 Å². The van der Waals surface area contributed by atoms with E-state index >= 15 is 0 Å². The summed E-state index contributed by atoms with van der Waals surface area (Å²) in [6, 6.07) is 12.4. The molecule has 0 bridgehead atoms. The number of hydrogen-bond donors (Lipinski definition) is 0. The molecule has 1 aliphatic heterocycles. The molecule has 32 heavy (non-hydrogen) atoms. The van der Waals surface area contributed by atoms with Gasteiger partial charge in [0.15, 0.2) is 16.7 Å². The first kappa shape index (κ1) is 23.4. The van der Waals surface area contributed by atoms with Gasteiger partial charge < -0.3 is 14.2 Å². The third-order valence-corrected chi connectivity index (χ3v) is 5.58. The molecule has 1 saturated heterocycles. The number of nitrogens with zero attached hydrogens (tertiary/aromatic N) is 2. The smallest absolute Gasteiger partial charge is 0.337 e. The molecule has 0 radical (unpaired) electrons. The quantitative estimate of drug-likeness (QED) is 0.417. The predicted octanol–water partition coefficient (Wildman–Crippen LogP) is 4.89. The molecule has 0 saturated carbocycles. The van der Waals surface area contributed by atoms with Crippen LogP contribution in [0.5, 0.6) is 11.5 Å². The van der Waals surface area contributed by atoms with E-state index in [0.29, 0.717) is 46.0 Å². The highest BCUT2D eigenvalue weighted by atomic mass is 32.2. The van der Waals surface area contributed by atoms with Gasteiger partial charge in [-0.05, 0) is 67.1 Å². The van der Waals surface area contributed by atoms with Crippen LogP contribution in [0, 0.1) is 0 Å². The predicted molar refractivity (Wildman–Crippen MR) is 127 cm³/mol. The van der Waals surface area contributed by atoms with Crippen molar-refractivity contribution in [2.24, 2.45) is 4.99 Å². The van der Waals surface area contributed by atoms with Gasteiger partial charge in [0.25, 0.3) is 5.91 Å². The van der Waals surface area contributed by atoms with E-state index in [9.17, 15) is 9.59 Å². The number of carbonyl (C=O) groups excluding carboxylic acids is 2. The van der Waals surface area contributed by atoms with Gasteiger partial charge in [0, 0.05) is 7.05 Å². The van der Waals surface area contributed by atoms with Crippen LogP contribution < -0.4 is 9.47 Å². The van der Waals surface area contributed by atoms with Crippen molar-refractivity contribution in [2.75, 3.05) is 27.4 Å². The number of amides is 1. The van der Waals surface area contributed by atoms with Crippen molar-refractivity contribution in [1.82, 2.24) is 4.90 Å². The average Bonchev–Trinajstić information content (AvgIpc) is 3.06. The molecule has 0 atom stereocenters. The largest absolute Gasteiger partial charge is 0.490 e. The summed E-state index contributed by atoms with van der Waals surface area (Å²) in [6.07, 6.45) is 2.71. The maximum Gasteiger partial charge on any atom is 0.337 e. The molecule has 8 heteroatoms. The first-order valence-corrected chi connectivity index (χ1v) is 11.1. The molecule has 0 aliphatic carbocycles. The number of rotatable bonds is 8. The van der Waals surface area contributed by atoms with E-state index in [2.05, 4.69) is 4.99 Å². The zero-order valence-corrected chi connectivity index (χ0v) is 19.4. The first-order chi connectivity index (χ1) is 15.5. The Morgan fingerprint density at radius 3 is 2.66 bits per heavy atom. The van der Waals surface area contributed by atoms with Crippen molar-refractivity contribution in [2.45, 2.75) is 20.3 Å². The van der Waals surface area contributed by atoms with Crippen LogP contribution in [0.25, 0.3) is 6.08 Å². The number of benzene rings is 2. The SMILES string of the molecule is CCCOc1ccc(C=C2SC(=Nc3cccc(C(=O)OC)c3)N(C)C2=O)cc1OCC. The summed E-state index contributed by atoms with van der Waals surface area (Å²) in [6.45, 7) is 5.08. The van der Waals surface area contributed by atoms with Crippen molar-refractivity contribution in [1.29, 1.82) is 0 Å². The molecule has 1 fully saturated rings. The monoisotopic (exact) mass is 454 g/mol. The van der Waals surface area contributed by atoms with Crippen molar-refractivity contribution < 1.29 is 23.8 Å². The highest BCUT2D eigenvalue weighted by molar-refractivity contribution is 8.18. The number of ether oxygens (including phenoxy) is 3. The van der Waals surface area contributed by atoms with Gasteiger partial charge in [0.2, 0.25) is 0 Å². The lowest BCUT2D eigenvalue weighted by molar-refractivity contribution is -0.121.